The van der Waals surface area contributed by atoms with Gasteiger partial charge in [0.15, 0.2) is 5.76 Å². The van der Waals surface area contributed by atoms with E-state index >= 15 is 0 Å². The summed E-state index contributed by atoms with van der Waals surface area (Å²) in [7, 11) is 0. The molecule has 3 rings (SSSR count). The third kappa shape index (κ3) is 5.69. The first-order valence-corrected chi connectivity index (χ1v) is 10.1. The van der Waals surface area contributed by atoms with Crippen LogP contribution >= 0.6 is 0 Å². The van der Waals surface area contributed by atoms with Crippen molar-refractivity contribution in [1.29, 1.82) is 0 Å². The second kappa shape index (κ2) is 9.00. The number of hydrogen-bond donors (Lipinski definition) is 2. The number of benzene rings is 2. The van der Waals surface area contributed by atoms with Crippen LogP contribution in [0.15, 0.2) is 70.2 Å². The lowest BCUT2D eigenvalue weighted by molar-refractivity contribution is 0.0953. The van der Waals surface area contributed by atoms with Crippen LogP contribution < -0.4 is 10.7 Å². The zero-order valence-corrected chi connectivity index (χ0v) is 18.4. The van der Waals surface area contributed by atoms with Crippen molar-refractivity contribution in [3.8, 4) is 0 Å². The molecule has 2 N–H and O–H groups in total. The first-order chi connectivity index (χ1) is 14.6. The first kappa shape index (κ1) is 22.0. The third-order valence-electron chi connectivity index (χ3n) is 4.86. The van der Waals surface area contributed by atoms with Gasteiger partial charge in [0.05, 0.1) is 5.71 Å². The van der Waals surface area contributed by atoms with Crippen LogP contribution in [0.5, 0.6) is 0 Å². The Morgan fingerprint density at radius 2 is 1.45 bits per heavy atom. The number of nitrogens with one attached hydrogen (secondary N) is 2. The highest BCUT2D eigenvalue weighted by Crippen LogP contribution is 2.22. The molecule has 6 heteroatoms. The molecule has 0 saturated carbocycles. The number of carbonyl (C=O) groups is 2. The van der Waals surface area contributed by atoms with Crippen LogP contribution in [0, 0.1) is 6.92 Å². The van der Waals surface area contributed by atoms with E-state index in [2.05, 4.69) is 36.6 Å². The summed E-state index contributed by atoms with van der Waals surface area (Å²) in [5, 5.41) is 6.98. The quantitative estimate of drug-likeness (QED) is 0.437. The van der Waals surface area contributed by atoms with Crippen molar-refractivity contribution in [2.24, 2.45) is 5.10 Å². The number of carbonyl (C=O) groups excluding carboxylic acids is 2. The third-order valence-corrected chi connectivity index (χ3v) is 4.86. The number of hydrogen-bond acceptors (Lipinski definition) is 4. The number of furan rings is 1. The summed E-state index contributed by atoms with van der Waals surface area (Å²) in [5.41, 5.74) is 6.46. The number of hydrazone groups is 1. The smallest absolute Gasteiger partial charge is 0.291 e. The molecule has 0 aliphatic heterocycles. The van der Waals surface area contributed by atoms with Gasteiger partial charge in [-0.2, -0.15) is 5.10 Å². The molecule has 31 heavy (non-hydrogen) atoms. The Labute approximate surface area is 182 Å². The topological polar surface area (TPSA) is 83.7 Å². The fraction of sp³-hybridized carbons (Fsp3) is 0.240. The lowest BCUT2D eigenvalue weighted by Gasteiger charge is -2.18. The summed E-state index contributed by atoms with van der Waals surface area (Å²) in [6.07, 6.45) is 0. The Morgan fingerprint density at radius 3 is 2.00 bits per heavy atom. The number of rotatable bonds is 5. The average Bonchev–Trinajstić information content (AvgIpc) is 3.18. The van der Waals surface area contributed by atoms with E-state index in [1.165, 1.54) is 0 Å². The van der Waals surface area contributed by atoms with E-state index in [1.807, 2.05) is 31.2 Å². The van der Waals surface area contributed by atoms with Crippen LogP contribution in [0.4, 0.5) is 5.69 Å². The van der Waals surface area contributed by atoms with Gasteiger partial charge in [0, 0.05) is 11.3 Å². The summed E-state index contributed by atoms with van der Waals surface area (Å²) < 4.78 is 5.32. The van der Waals surface area contributed by atoms with Crippen LogP contribution in [-0.4, -0.2) is 17.5 Å². The van der Waals surface area contributed by atoms with E-state index < -0.39 is 0 Å². The highest BCUT2D eigenvalue weighted by Gasteiger charge is 2.14. The van der Waals surface area contributed by atoms with Gasteiger partial charge in [-0.15, -0.1) is 0 Å². The SMILES string of the molecule is CC(=NNC(=O)c1ccc(C(C)(C)C)cc1)c1ccc(NC(=O)c2ccc(C)o2)cc1. The van der Waals surface area contributed by atoms with E-state index in [-0.39, 0.29) is 23.0 Å². The Hall–Kier alpha value is -3.67. The summed E-state index contributed by atoms with van der Waals surface area (Å²) in [6.45, 7) is 9.98. The van der Waals surface area contributed by atoms with Gasteiger partial charge in [0.25, 0.3) is 11.8 Å². The van der Waals surface area contributed by atoms with E-state index in [4.69, 9.17) is 4.42 Å². The van der Waals surface area contributed by atoms with E-state index in [0.717, 1.165) is 11.1 Å². The molecule has 0 aliphatic rings. The largest absolute Gasteiger partial charge is 0.456 e. The molecule has 160 valence electrons. The Morgan fingerprint density at radius 1 is 0.839 bits per heavy atom. The normalized spacial score (nSPS) is 11.8. The van der Waals surface area contributed by atoms with Crippen molar-refractivity contribution in [2.75, 3.05) is 5.32 Å². The molecule has 0 fully saturated rings. The second-order valence-corrected chi connectivity index (χ2v) is 8.41. The molecular formula is C25H27N3O3. The summed E-state index contributed by atoms with van der Waals surface area (Å²) in [5.74, 6) is 0.366. The molecule has 0 saturated heterocycles. The fourth-order valence-corrected chi connectivity index (χ4v) is 2.93. The lowest BCUT2D eigenvalue weighted by Crippen LogP contribution is -2.20. The molecule has 2 aromatic carbocycles. The fourth-order valence-electron chi connectivity index (χ4n) is 2.93. The molecule has 0 radical (unpaired) electrons. The maximum atomic E-state index is 12.4. The van der Waals surface area contributed by atoms with E-state index in [1.54, 1.807) is 43.3 Å². The second-order valence-electron chi connectivity index (χ2n) is 8.41. The molecule has 2 amide bonds. The van der Waals surface area contributed by atoms with Gasteiger partial charge >= 0.3 is 0 Å². The average molecular weight is 418 g/mol. The standard InChI is InChI=1S/C25H27N3O3/c1-16-6-15-22(31-16)24(30)26-21-13-9-18(10-14-21)17(2)27-28-23(29)19-7-11-20(12-8-19)25(3,4)5/h6-15H,1-5H3,(H,26,30)(H,28,29). The van der Waals surface area contributed by atoms with Crippen LogP contribution in [-0.2, 0) is 5.41 Å². The van der Waals surface area contributed by atoms with Crippen LogP contribution in [0.25, 0.3) is 0 Å². The zero-order chi connectivity index (χ0) is 22.6. The van der Waals surface area contributed by atoms with Crippen molar-refractivity contribution in [1.82, 2.24) is 5.43 Å². The van der Waals surface area contributed by atoms with Gasteiger partial charge in [-0.05, 0) is 66.8 Å². The summed E-state index contributed by atoms with van der Waals surface area (Å²) >= 11 is 0. The van der Waals surface area contributed by atoms with Crippen molar-refractivity contribution in [3.05, 3.63) is 88.9 Å². The summed E-state index contributed by atoms with van der Waals surface area (Å²) in [6, 6.07) is 18.1. The molecule has 3 aromatic rings. The number of anilines is 1. The number of nitrogens with zero attached hydrogens (tertiary/aromatic N) is 1. The number of amides is 2. The van der Waals surface area contributed by atoms with Crippen molar-refractivity contribution < 1.29 is 14.0 Å². The van der Waals surface area contributed by atoms with Crippen molar-refractivity contribution in [3.63, 3.8) is 0 Å². The highest BCUT2D eigenvalue weighted by molar-refractivity contribution is 6.03. The van der Waals surface area contributed by atoms with Crippen molar-refractivity contribution >= 4 is 23.2 Å². The molecule has 1 aromatic heterocycles. The summed E-state index contributed by atoms with van der Waals surface area (Å²) in [4.78, 5) is 24.5. The molecular weight excluding hydrogens is 390 g/mol. The number of aryl methyl sites for hydroxylation is 1. The van der Waals surface area contributed by atoms with Gasteiger partial charge < -0.3 is 9.73 Å². The van der Waals surface area contributed by atoms with Crippen LogP contribution in [0.2, 0.25) is 0 Å². The maximum Gasteiger partial charge on any atom is 0.291 e. The molecule has 1 heterocycles. The van der Waals surface area contributed by atoms with E-state index in [9.17, 15) is 9.59 Å². The predicted octanol–water partition coefficient (Wildman–Crippen LogP) is 5.29. The molecule has 6 nitrogen and oxygen atoms in total. The maximum absolute atomic E-state index is 12.4. The van der Waals surface area contributed by atoms with Crippen LogP contribution in [0.1, 0.15) is 65.5 Å². The van der Waals surface area contributed by atoms with Crippen LogP contribution in [0.3, 0.4) is 0 Å². The van der Waals surface area contributed by atoms with Gasteiger partial charge in [0.1, 0.15) is 5.76 Å². The zero-order valence-electron chi connectivity index (χ0n) is 18.4. The Balaban J connectivity index is 1.61. The molecule has 0 unspecified atom stereocenters. The first-order valence-electron chi connectivity index (χ1n) is 10.1. The minimum absolute atomic E-state index is 0.0340. The highest BCUT2D eigenvalue weighted by atomic mass is 16.3. The lowest BCUT2D eigenvalue weighted by atomic mass is 9.87. The molecule has 0 aliphatic carbocycles. The van der Waals surface area contributed by atoms with Gasteiger partial charge in [-0.3, -0.25) is 9.59 Å². The van der Waals surface area contributed by atoms with Crippen molar-refractivity contribution in [2.45, 2.75) is 40.0 Å². The Kier molecular flexibility index (Phi) is 6.39. The van der Waals surface area contributed by atoms with Gasteiger partial charge in [0.2, 0.25) is 0 Å². The molecule has 0 bridgehead atoms. The van der Waals surface area contributed by atoms with Gasteiger partial charge in [-0.1, -0.05) is 45.0 Å². The molecule has 0 spiro atoms. The van der Waals surface area contributed by atoms with E-state index in [0.29, 0.717) is 22.7 Å². The minimum atomic E-state index is -0.309. The Bertz CT molecular complexity index is 1100. The van der Waals surface area contributed by atoms with Gasteiger partial charge in [-0.25, -0.2) is 5.43 Å². The predicted molar refractivity (Wildman–Crippen MR) is 123 cm³/mol. The monoisotopic (exact) mass is 417 g/mol. The minimum Gasteiger partial charge on any atom is -0.456 e. The molecule has 0 atom stereocenters.